The first-order chi connectivity index (χ1) is 14.7. The number of pyridine rings is 1. The van der Waals surface area contributed by atoms with E-state index in [1.54, 1.807) is 0 Å². The molecule has 0 radical (unpaired) electrons. The van der Waals surface area contributed by atoms with Crippen LogP contribution >= 0.6 is 11.6 Å². The minimum Gasteiger partial charge on any atom is -0.352 e. The van der Waals surface area contributed by atoms with Gasteiger partial charge >= 0.3 is 0 Å². The SMILES string of the molecule is Clc1ccc(-c2ccc(-c3ccc4nc(NCc5ccccc5)[nH]c4c3)nc2)cc1. The number of nitrogens with one attached hydrogen (secondary N) is 2. The molecule has 3 aromatic carbocycles. The van der Waals surface area contributed by atoms with E-state index in [-0.39, 0.29) is 0 Å². The molecule has 0 saturated heterocycles. The normalized spacial score (nSPS) is 11.0. The summed E-state index contributed by atoms with van der Waals surface area (Å²) in [7, 11) is 0. The summed E-state index contributed by atoms with van der Waals surface area (Å²) in [5.74, 6) is 0.761. The molecule has 2 heterocycles. The molecule has 0 atom stereocenters. The van der Waals surface area contributed by atoms with Crippen molar-refractivity contribution in [3.63, 3.8) is 0 Å². The lowest BCUT2D eigenvalue weighted by atomic mass is 10.1. The van der Waals surface area contributed by atoms with Gasteiger partial charge in [0.2, 0.25) is 5.95 Å². The van der Waals surface area contributed by atoms with Gasteiger partial charge in [-0.1, -0.05) is 66.2 Å². The van der Waals surface area contributed by atoms with Crippen LogP contribution in [-0.4, -0.2) is 15.0 Å². The summed E-state index contributed by atoms with van der Waals surface area (Å²) in [4.78, 5) is 12.6. The van der Waals surface area contributed by atoms with Crippen LogP contribution in [0.5, 0.6) is 0 Å². The summed E-state index contributed by atoms with van der Waals surface area (Å²) < 4.78 is 0. The van der Waals surface area contributed by atoms with Crippen molar-refractivity contribution < 1.29 is 0 Å². The molecular formula is C25H19ClN4. The number of H-pyrrole nitrogens is 1. The fourth-order valence-corrected chi connectivity index (χ4v) is 3.54. The minimum absolute atomic E-state index is 0.723. The average Bonchev–Trinajstić information content (AvgIpc) is 3.21. The largest absolute Gasteiger partial charge is 0.352 e. The smallest absolute Gasteiger partial charge is 0.201 e. The second-order valence-corrected chi connectivity index (χ2v) is 7.53. The Labute approximate surface area is 179 Å². The maximum absolute atomic E-state index is 5.98. The van der Waals surface area contributed by atoms with Crippen LogP contribution in [0.15, 0.2) is 91.1 Å². The molecule has 146 valence electrons. The number of hydrogen-bond acceptors (Lipinski definition) is 3. The van der Waals surface area contributed by atoms with E-state index in [1.807, 2.05) is 60.8 Å². The van der Waals surface area contributed by atoms with Crippen LogP contribution in [0.3, 0.4) is 0 Å². The number of halogens is 1. The van der Waals surface area contributed by atoms with Gasteiger partial charge < -0.3 is 10.3 Å². The van der Waals surface area contributed by atoms with Crippen LogP contribution in [0.4, 0.5) is 5.95 Å². The predicted molar refractivity (Wildman–Crippen MR) is 124 cm³/mol. The summed E-state index contributed by atoms with van der Waals surface area (Å²) in [5, 5.41) is 4.08. The number of aromatic amines is 1. The van der Waals surface area contributed by atoms with Gasteiger partial charge in [0, 0.05) is 28.9 Å². The Morgan fingerprint density at radius 2 is 1.57 bits per heavy atom. The third-order valence-electron chi connectivity index (χ3n) is 5.02. The molecule has 0 bridgehead atoms. The van der Waals surface area contributed by atoms with Crippen LogP contribution in [0.2, 0.25) is 5.02 Å². The summed E-state index contributed by atoms with van der Waals surface area (Å²) >= 11 is 5.98. The molecule has 4 nitrogen and oxygen atoms in total. The number of hydrogen-bond donors (Lipinski definition) is 2. The second kappa shape index (κ2) is 8.01. The quantitative estimate of drug-likeness (QED) is 0.345. The number of rotatable bonds is 5. The zero-order chi connectivity index (χ0) is 20.3. The van der Waals surface area contributed by atoms with E-state index in [0.29, 0.717) is 0 Å². The molecule has 2 N–H and O–H groups in total. The summed E-state index contributed by atoms with van der Waals surface area (Å²) in [6.45, 7) is 0.723. The van der Waals surface area contributed by atoms with Crippen LogP contribution in [-0.2, 0) is 6.54 Å². The van der Waals surface area contributed by atoms with E-state index in [4.69, 9.17) is 11.6 Å². The first-order valence-corrected chi connectivity index (χ1v) is 10.1. The van der Waals surface area contributed by atoms with Gasteiger partial charge in [-0.3, -0.25) is 4.98 Å². The lowest BCUT2D eigenvalue weighted by Crippen LogP contribution is -2.00. The average molecular weight is 411 g/mol. The zero-order valence-electron chi connectivity index (χ0n) is 16.1. The summed E-state index contributed by atoms with van der Waals surface area (Å²) in [5.41, 5.74) is 7.23. The van der Waals surface area contributed by atoms with Crippen LogP contribution in [0, 0.1) is 0 Å². The molecule has 5 aromatic rings. The molecular weight excluding hydrogens is 392 g/mol. The van der Waals surface area contributed by atoms with E-state index in [2.05, 4.69) is 50.6 Å². The van der Waals surface area contributed by atoms with Crippen molar-refractivity contribution in [2.45, 2.75) is 6.54 Å². The van der Waals surface area contributed by atoms with Gasteiger partial charge in [0.15, 0.2) is 0 Å². The number of anilines is 1. The lowest BCUT2D eigenvalue weighted by Gasteiger charge is -2.04. The number of fused-ring (bicyclic) bond motifs is 1. The molecule has 0 aliphatic carbocycles. The topological polar surface area (TPSA) is 53.6 Å². The molecule has 0 unspecified atom stereocenters. The van der Waals surface area contributed by atoms with E-state index < -0.39 is 0 Å². The van der Waals surface area contributed by atoms with Gasteiger partial charge in [-0.15, -0.1) is 0 Å². The highest BCUT2D eigenvalue weighted by atomic mass is 35.5. The highest BCUT2D eigenvalue weighted by molar-refractivity contribution is 6.30. The summed E-state index contributed by atoms with van der Waals surface area (Å²) in [6, 6.07) is 28.3. The van der Waals surface area contributed by atoms with Gasteiger partial charge in [-0.05, 0) is 41.5 Å². The standard InChI is InChI=1S/C25H19ClN4/c26-21-10-6-18(7-11-21)20-9-12-22(27-16-20)19-8-13-23-24(14-19)30-25(29-23)28-15-17-4-2-1-3-5-17/h1-14,16H,15H2,(H2,28,29,30). The van der Waals surface area contributed by atoms with Crippen molar-refractivity contribution in [1.29, 1.82) is 0 Å². The van der Waals surface area contributed by atoms with Crippen LogP contribution in [0.1, 0.15) is 5.56 Å². The molecule has 5 rings (SSSR count). The van der Waals surface area contributed by atoms with Crippen molar-refractivity contribution in [2.75, 3.05) is 5.32 Å². The first-order valence-electron chi connectivity index (χ1n) is 9.74. The van der Waals surface area contributed by atoms with Gasteiger partial charge in [0.25, 0.3) is 0 Å². The maximum Gasteiger partial charge on any atom is 0.201 e. The van der Waals surface area contributed by atoms with Gasteiger partial charge in [0.1, 0.15) is 0 Å². The second-order valence-electron chi connectivity index (χ2n) is 7.10. The number of benzene rings is 3. The Balaban J connectivity index is 1.36. The van der Waals surface area contributed by atoms with Crippen molar-refractivity contribution in [3.05, 3.63) is 102 Å². The molecule has 0 saturated carbocycles. The molecule has 0 amide bonds. The van der Waals surface area contributed by atoms with E-state index >= 15 is 0 Å². The molecule has 0 aliphatic rings. The van der Waals surface area contributed by atoms with E-state index in [1.165, 1.54) is 5.56 Å². The lowest BCUT2D eigenvalue weighted by molar-refractivity contribution is 1.10. The maximum atomic E-state index is 5.98. The monoisotopic (exact) mass is 410 g/mol. The van der Waals surface area contributed by atoms with Crippen molar-refractivity contribution in [2.24, 2.45) is 0 Å². The number of imidazole rings is 1. The van der Waals surface area contributed by atoms with Gasteiger partial charge in [-0.25, -0.2) is 4.98 Å². The molecule has 2 aromatic heterocycles. The Bertz CT molecular complexity index is 1280. The minimum atomic E-state index is 0.723. The Kier molecular flexibility index (Phi) is 4.91. The third kappa shape index (κ3) is 3.91. The van der Waals surface area contributed by atoms with Crippen molar-refractivity contribution in [1.82, 2.24) is 15.0 Å². The first kappa shape index (κ1) is 18.4. The molecule has 30 heavy (non-hydrogen) atoms. The Hall–Kier alpha value is -3.63. The fraction of sp³-hybridized carbons (Fsp3) is 0.0400. The zero-order valence-corrected chi connectivity index (χ0v) is 16.9. The fourth-order valence-electron chi connectivity index (χ4n) is 3.41. The van der Waals surface area contributed by atoms with Gasteiger partial charge in [-0.2, -0.15) is 0 Å². The highest BCUT2D eigenvalue weighted by Gasteiger charge is 2.07. The van der Waals surface area contributed by atoms with Crippen LogP contribution < -0.4 is 5.32 Å². The van der Waals surface area contributed by atoms with Gasteiger partial charge in [0.05, 0.1) is 16.7 Å². The highest BCUT2D eigenvalue weighted by Crippen LogP contribution is 2.26. The molecule has 0 fully saturated rings. The number of aromatic nitrogens is 3. The molecule has 0 aliphatic heterocycles. The van der Waals surface area contributed by atoms with Crippen molar-refractivity contribution >= 4 is 28.6 Å². The third-order valence-corrected chi connectivity index (χ3v) is 5.27. The Morgan fingerprint density at radius 3 is 2.33 bits per heavy atom. The summed E-state index contributed by atoms with van der Waals surface area (Å²) in [6.07, 6.45) is 1.89. The number of nitrogens with zero attached hydrogens (tertiary/aromatic N) is 2. The molecule has 0 spiro atoms. The predicted octanol–water partition coefficient (Wildman–Crippen LogP) is 6.56. The van der Waals surface area contributed by atoms with Crippen LogP contribution in [0.25, 0.3) is 33.4 Å². The molecule has 5 heteroatoms. The van der Waals surface area contributed by atoms with Crippen molar-refractivity contribution in [3.8, 4) is 22.4 Å². The van der Waals surface area contributed by atoms with E-state index in [9.17, 15) is 0 Å². The Morgan fingerprint density at radius 1 is 0.800 bits per heavy atom. The van der Waals surface area contributed by atoms with E-state index in [0.717, 1.165) is 50.9 Å².